The first-order valence-corrected chi connectivity index (χ1v) is 34.8. The molecule has 3 atom stereocenters. The van der Waals surface area contributed by atoms with Crippen LogP contribution in [0.4, 0.5) is 0 Å². The Labute approximate surface area is 342 Å². The Balaban J connectivity index is 0.00000249. The van der Waals surface area contributed by atoms with Crippen LogP contribution in [0.5, 0.6) is 0 Å². The largest absolute Gasteiger partial charge is 0.147 e. The van der Waals surface area contributed by atoms with Gasteiger partial charge in [0.05, 0.1) is 0 Å². The molecule has 0 nitrogen and oxygen atoms in total. The van der Waals surface area contributed by atoms with Gasteiger partial charge < -0.3 is 0 Å². The molecule has 54 heavy (non-hydrogen) atoms. The first-order chi connectivity index (χ1) is 25.2. The number of allylic oxidation sites excluding steroid dienone is 2. The van der Waals surface area contributed by atoms with Crippen LogP contribution in [0.2, 0.25) is 9.26 Å². The van der Waals surface area contributed by atoms with Crippen molar-refractivity contribution in [2.24, 2.45) is 5.92 Å². The number of fused-ring (bicyclic) bond motifs is 2. The normalized spacial score (nSPS) is 20.9. The van der Waals surface area contributed by atoms with Crippen molar-refractivity contribution in [3.05, 3.63) is 129 Å². The van der Waals surface area contributed by atoms with Gasteiger partial charge in [-0.25, -0.2) is 0 Å². The molecule has 3 unspecified atom stereocenters. The summed E-state index contributed by atoms with van der Waals surface area (Å²) in [7, 11) is 0. The molecule has 286 valence electrons. The third kappa shape index (κ3) is 7.58. The van der Waals surface area contributed by atoms with Gasteiger partial charge in [-0.2, -0.15) is 0 Å². The van der Waals surface area contributed by atoms with Crippen molar-refractivity contribution in [3.63, 3.8) is 0 Å². The Hall–Kier alpha value is -1.96. The Kier molecular flexibility index (Phi) is 13.0. The van der Waals surface area contributed by atoms with E-state index in [-0.39, 0.29) is 24.8 Å². The predicted octanol–water partition coefficient (Wildman–Crippen LogP) is 15.3. The molecule has 0 radical (unpaired) electrons. The molecular formula is C50H64Cl2SiZr. The minimum absolute atomic E-state index is 0. The molecule has 0 aliphatic heterocycles. The molecule has 4 aromatic rings. The van der Waals surface area contributed by atoms with Crippen LogP contribution < -0.4 is 0 Å². The van der Waals surface area contributed by atoms with Crippen molar-refractivity contribution in [1.82, 2.24) is 0 Å². The zero-order valence-electron chi connectivity index (χ0n) is 33.6. The first-order valence-electron chi connectivity index (χ1n) is 21.1. The second-order valence-electron chi connectivity index (χ2n) is 18.4. The summed E-state index contributed by atoms with van der Waals surface area (Å²) in [5.41, 5.74) is 18.4. The van der Waals surface area contributed by atoms with Crippen molar-refractivity contribution >= 4 is 43.8 Å². The average Bonchev–Trinajstić information content (AvgIpc) is 3.79. The van der Waals surface area contributed by atoms with Crippen LogP contribution in [0.25, 0.3) is 34.4 Å². The van der Waals surface area contributed by atoms with Crippen LogP contribution in [0, 0.1) is 5.92 Å². The molecule has 0 aromatic heterocycles. The second kappa shape index (κ2) is 16.9. The second-order valence-corrected chi connectivity index (χ2v) is 48.8. The molecule has 0 N–H and O–H groups in total. The fourth-order valence-corrected chi connectivity index (χ4v) is 31.4. The molecule has 0 amide bonds. The Morgan fingerprint density at radius 1 is 0.593 bits per heavy atom. The molecule has 0 spiro atoms. The fourth-order valence-electron chi connectivity index (χ4n) is 11.4. The molecular weight excluding hydrogens is 791 g/mol. The van der Waals surface area contributed by atoms with Gasteiger partial charge in [0.1, 0.15) is 0 Å². The summed E-state index contributed by atoms with van der Waals surface area (Å²) in [4.78, 5) is 0. The van der Waals surface area contributed by atoms with E-state index in [9.17, 15) is 0 Å². The topological polar surface area (TPSA) is 0 Å². The Morgan fingerprint density at radius 2 is 1.04 bits per heavy atom. The average molecular weight is 855 g/mol. The zero-order valence-corrected chi connectivity index (χ0v) is 39.1. The predicted molar refractivity (Wildman–Crippen MR) is 241 cm³/mol. The van der Waals surface area contributed by atoms with E-state index in [1.54, 1.807) is 33.4 Å². The minimum Gasteiger partial charge on any atom is -0.147 e. The summed E-state index contributed by atoms with van der Waals surface area (Å²) >= 11 is -3.73. The van der Waals surface area contributed by atoms with E-state index in [0.29, 0.717) is 13.2 Å². The van der Waals surface area contributed by atoms with Gasteiger partial charge in [-0.05, 0) is 0 Å². The van der Waals surface area contributed by atoms with Crippen molar-refractivity contribution in [2.75, 3.05) is 0 Å². The standard InChI is InChI=1S/C25H29.C23H25.2CH3.2ClH.H2Si.Zr/c1-3-18(2)23-16-22-10-7-11-24(25(22)17-23)21-14-12-20(13-15-21)19-8-5-4-6-9-19;1-2-17-15-21-9-6-10-22(23(21)16-17)20-13-11-19(12-14-20)18-7-4-3-5-8-18;;;;;;/h7,10-19H,3-6,8-9H2,1-2H3;6,9-16,18H,2-5,7-8H2,1H3;2*1H3;2*1H;1H2;. The summed E-state index contributed by atoms with van der Waals surface area (Å²) in [5.74, 6) is 2.07. The van der Waals surface area contributed by atoms with E-state index < -0.39 is 17.4 Å². The molecule has 4 aromatic carbocycles. The van der Waals surface area contributed by atoms with Gasteiger partial charge in [0.2, 0.25) is 0 Å². The van der Waals surface area contributed by atoms with E-state index >= 15 is 0 Å². The molecule has 4 aliphatic rings. The summed E-state index contributed by atoms with van der Waals surface area (Å²) in [6, 6.07) is 34.2. The van der Waals surface area contributed by atoms with Crippen LogP contribution >= 0.6 is 24.8 Å². The van der Waals surface area contributed by atoms with Crippen molar-refractivity contribution in [2.45, 2.75) is 126 Å². The van der Waals surface area contributed by atoms with E-state index in [2.05, 4.69) is 134 Å². The van der Waals surface area contributed by atoms with Gasteiger partial charge in [-0.3, -0.25) is 0 Å². The molecule has 4 aliphatic carbocycles. The van der Waals surface area contributed by atoms with Crippen LogP contribution in [0.1, 0.15) is 150 Å². The minimum atomic E-state index is -3.73. The van der Waals surface area contributed by atoms with E-state index in [1.807, 2.05) is 0 Å². The maximum Gasteiger partial charge on any atom is -0.147 e. The molecule has 0 saturated heterocycles. The van der Waals surface area contributed by atoms with Crippen molar-refractivity contribution < 1.29 is 17.4 Å². The number of rotatable bonds is 9. The fraction of sp³-hybridized carbons (Fsp3) is 0.440. The molecule has 4 heteroatoms. The maximum atomic E-state index is 2.83. The van der Waals surface area contributed by atoms with Gasteiger partial charge in [0.25, 0.3) is 0 Å². The van der Waals surface area contributed by atoms with Gasteiger partial charge in [0, 0.05) is 0 Å². The zero-order chi connectivity index (χ0) is 36.1. The van der Waals surface area contributed by atoms with Gasteiger partial charge >= 0.3 is 320 Å². The summed E-state index contributed by atoms with van der Waals surface area (Å²) in [5, 5.41) is 0. The quantitative estimate of drug-likeness (QED) is 0.147. The van der Waals surface area contributed by atoms with E-state index in [1.165, 1.54) is 104 Å². The maximum absolute atomic E-state index is 3.73. The molecule has 2 saturated carbocycles. The summed E-state index contributed by atoms with van der Waals surface area (Å²) in [6.45, 7) is 9.83. The molecule has 8 rings (SSSR count). The van der Waals surface area contributed by atoms with Crippen LogP contribution in [-0.2, 0) is 17.4 Å². The number of halogens is 2. The molecule has 0 bridgehead atoms. The molecule has 2 fully saturated rings. The third-order valence-electron chi connectivity index (χ3n) is 14.3. The SMILES string of the molecule is CCC1=Cc2c(-c3ccc(C4CCCCC4)cc3)cccc2[CH]1[Zr]([CH3])([CH3])(=[SiH2])[CH]1C(C(C)CC)=Cc2c(-c3ccc(C4CCCCC4)cc3)cccc21.Cl.Cl. The van der Waals surface area contributed by atoms with Crippen LogP contribution in [0.15, 0.2) is 96.1 Å². The Bertz CT molecular complexity index is 2070. The van der Waals surface area contributed by atoms with Gasteiger partial charge in [-0.15, -0.1) is 24.8 Å². The van der Waals surface area contributed by atoms with Crippen LogP contribution in [-0.4, -0.2) is 6.88 Å². The third-order valence-corrected chi connectivity index (χ3v) is 31.7. The van der Waals surface area contributed by atoms with E-state index in [0.717, 1.165) is 18.3 Å². The number of hydrogen-bond donors (Lipinski definition) is 0. The van der Waals surface area contributed by atoms with Gasteiger partial charge in [0.15, 0.2) is 0 Å². The smallest absolute Gasteiger partial charge is 0.147 e. The van der Waals surface area contributed by atoms with Crippen molar-refractivity contribution in [1.29, 1.82) is 0 Å². The first kappa shape index (κ1) is 41.7. The van der Waals surface area contributed by atoms with Crippen molar-refractivity contribution in [3.8, 4) is 22.3 Å². The number of hydrogen-bond acceptors (Lipinski definition) is 0. The van der Waals surface area contributed by atoms with Crippen LogP contribution in [0.3, 0.4) is 0 Å². The number of benzene rings is 4. The Morgan fingerprint density at radius 3 is 1.48 bits per heavy atom. The monoisotopic (exact) mass is 852 g/mol. The summed E-state index contributed by atoms with van der Waals surface area (Å²) in [6.07, 6.45) is 21.4. The van der Waals surface area contributed by atoms with Gasteiger partial charge in [-0.1, -0.05) is 0 Å². The molecule has 0 heterocycles. The summed E-state index contributed by atoms with van der Waals surface area (Å²) < 4.78 is 6.74. The van der Waals surface area contributed by atoms with E-state index in [4.69, 9.17) is 0 Å².